The summed E-state index contributed by atoms with van der Waals surface area (Å²) < 4.78 is 31.6. The number of carbonyl (C=O) groups is 1. The third-order valence-electron chi connectivity index (χ3n) is 12.1. The minimum Gasteiger partial charge on any atom is -0.493 e. The van der Waals surface area contributed by atoms with Crippen LogP contribution in [-0.4, -0.2) is 55.6 Å². The first-order valence-corrected chi connectivity index (χ1v) is 16.6. The highest BCUT2D eigenvalue weighted by molar-refractivity contribution is 5.68. The van der Waals surface area contributed by atoms with Gasteiger partial charge in [-0.25, -0.2) is 4.79 Å². The summed E-state index contributed by atoms with van der Waals surface area (Å²) in [6.07, 6.45) is 8.79. The van der Waals surface area contributed by atoms with Gasteiger partial charge in [-0.15, -0.1) is 0 Å². The van der Waals surface area contributed by atoms with Crippen LogP contribution >= 0.6 is 0 Å². The van der Waals surface area contributed by atoms with Crippen LogP contribution in [-0.2, 0) is 23.0 Å². The third-order valence-corrected chi connectivity index (χ3v) is 12.1. The fourth-order valence-electron chi connectivity index (χ4n) is 9.98. The van der Waals surface area contributed by atoms with Gasteiger partial charge in [0.05, 0.1) is 7.11 Å². The molecule has 3 heterocycles. The predicted molar refractivity (Wildman–Crippen MR) is 167 cm³/mol. The zero-order chi connectivity index (χ0) is 30.5. The molecule has 44 heavy (non-hydrogen) atoms. The van der Waals surface area contributed by atoms with Gasteiger partial charge < -0.3 is 28.6 Å². The van der Waals surface area contributed by atoms with Gasteiger partial charge in [0.2, 0.25) is 0 Å². The Morgan fingerprint density at radius 1 is 1.14 bits per heavy atom. The van der Waals surface area contributed by atoms with Gasteiger partial charge in [0.1, 0.15) is 23.2 Å². The van der Waals surface area contributed by atoms with E-state index in [1.807, 2.05) is 18.2 Å². The summed E-state index contributed by atoms with van der Waals surface area (Å²) in [6, 6.07) is 8.75. The fourth-order valence-corrected chi connectivity index (χ4v) is 9.98. The first kappa shape index (κ1) is 28.3. The summed E-state index contributed by atoms with van der Waals surface area (Å²) >= 11 is 0. The summed E-state index contributed by atoms with van der Waals surface area (Å²) in [5.74, 6) is 4.52. The maximum absolute atomic E-state index is 13.8. The van der Waals surface area contributed by atoms with E-state index in [1.54, 1.807) is 7.11 Å². The first-order chi connectivity index (χ1) is 21.1. The highest BCUT2D eigenvalue weighted by atomic mass is 16.7. The second-order valence-corrected chi connectivity index (χ2v) is 14.8. The zero-order valence-corrected chi connectivity index (χ0v) is 26.9. The van der Waals surface area contributed by atoms with Gasteiger partial charge in [0.15, 0.2) is 17.6 Å². The number of fused-ring (bicyclic) bond motifs is 3. The molecule has 0 aromatic heterocycles. The van der Waals surface area contributed by atoms with Gasteiger partial charge in [0.25, 0.3) is 0 Å². The molecule has 8 rings (SSSR count). The monoisotopic (exact) mass is 599 g/mol. The van der Waals surface area contributed by atoms with Crippen molar-refractivity contribution in [2.45, 2.75) is 101 Å². The number of nitrogens with zero attached hydrogens (tertiary/aromatic N) is 1. The molecule has 6 aliphatic rings. The van der Waals surface area contributed by atoms with E-state index in [4.69, 9.17) is 23.7 Å². The van der Waals surface area contributed by atoms with E-state index in [-0.39, 0.29) is 29.0 Å². The average molecular weight is 600 g/mol. The van der Waals surface area contributed by atoms with Crippen LogP contribution in [0, 0.1) is 17.8 Å². The summed E-state index contributed by atoms with van der Waals surface area (Å²) in [6.45, 7) is 9.82. The van der Waals surface area contributed by atoms with Crippen molar-refractivity contribution < 1.29 is 28.5 Å². The smallest absolute Gasteiger partial charge is 0.493 e. The van der Waals surface area contributed by atoms with E-state index in [9.17, 15) is 4.79 Å². The number of likely N-dealkylation sites (tertiary alicyclic amines) is 1. The molecule has 2 fully saturated rings. The number of likely N-dealkylation sites (N-methyl/N-ethyl adjacent to an activating group) is 1. The molecule has 2 aromatic rings. The van der Waals surface area contributed by atoms with Crippen molar-refractivity contribution in [3.8, 4) is 23.0 Å². The van der Waals surface area contributed by atoms with Gasteiger partial charge in [-0.3, -0.25) is 0 Å². The van der Waals surface area contributed by atoms with Crippen molar-refractivity contribution >= 4 is 6.16 Å². The Bertz CT molecular complexity index is 1550. The van der Waals surface area contributed by atoms with Gasteiger partial charge in [-0.2, -0.15) is 0 Å². The molecule has 1 saturated carbocycles. The lowest BCUT2D eigenvalue weighted by Crippen LogP contribution is -2.65. The van der Waals surface area contributed by atoms with Gasteiger partial charge in [-0.1, -0.05) is 32.4 Å². The number of benzene rings is 2. The number of rotatable bonds is 4. The number of piperidine rings is 1. The topological polar surface area (TPSA) is 66.5 Å². The molecule has 7 heteroatoms. The number of carbonyl (C=O) groups excluding carboxylic acids is 1. The molecule has 1 spiro atoms. The quantitative estimate of drug-likeness (QED) is 0.213. The number of ether oxygens (including phenoxy) is 5. The molecule has 1 unspecified atom stereocenters. The molecule has 2 aromatic carbocycles. The lowest BCUT2D eigenvalue weighted by Gasteiger charge is -2.56. The van der Waals surface area contributed by atoms with Crippen molar-refractivity contribution in [1.29, 1.82) is 0 Å². The minimum atomic E-state index is -0.692. The number of methoxy groups -OCH3 is 1. The average Bonchev–Trinajstić information content (AvgIpc) is 3.34. The molecule has 8 atom stereocenters. The van der Waals surface area contributed by atoms with Gasteiger partial charge >= 0.3 is 6.16 Å². The predicted octanol–water partition coefficient (Wildman–Crippen LogP) is 6.98. The van der Waals surface area contributed by atoms with Gasteiger partial charge in [-0.05, 0) is 107 Å². The Morgan fingerprint density at radius 3 is 2.77 bits per heavy atom. The first-order valence-electron chi connectivity index (χ1n) is 16.6. The maximum atomic E-state index is 13.8. The number of aryl methyl sites for hydroxylation is 1. The Labute approximate surface area is 260 Å². The third kappa shape index (κ3) is 3.93. The second-order valence-electron chi connectivity index (χ2n) is 14.8. The standard InChI is InChI=1S/C37H45NO6/c1-7-21-17-29(31-23-16-20(2)8-10-24(23)36(3,4)44-30(31)18-21)42-35(39)41-28-13-11-25-26-19-22-9-12-27(40-6)33-32(22)37(25,34(28)43-33)14-15-38(26)5/h9,11-13,17-18,20,23-26,28,34H,7-8,10,14-16,19H2,1-6H3/t20?,23-,24-,25-,26-,28-,34-,37-/m0/s1. The number of hydrogen-bond donors (Lipinski definition) is 0. The van der Waals surface area contributed by atoms with Crippen molar-refractivity contribution in [1.82, 2.24) is 4.90 Å². The number of hydrogen-bond acceptors (Lipinski definition) is 7. The summed E-state index contributed by atoms with van der Waals surface area (Å²) in [5.41, 5.74) is 4.14. The highest BCUT2D eigenvalue weighted by Crippen LogP contribution is 2.63. The van der Waals surface area contributed by atoms with E-state index in [0.29, 0.717) is 23.6 Å². The molecule has 0 amide bonds. The fraction of sp³-hybridized carbons (Fsp3) is 0.595. The van der Waals surface area contributed by atoms with E-state index < -0.39 is 12.3 Å². The molecule has 3 aliphatic carbocycles. The van der Waals surface area contributed by atoms with Crippen LogP contribution in [0.25, 0.3) is 0 Å². The Balaban J connectivity index is 1.13. The van der Waals surface area contributed by atoms with E-state index >= 15 is 0 Å². The van der Waals surface area contributed by atoms with Crippen molar-refractivity contribution in [3.63, 3.8) is 0 Å². The van der Waals surface area contributed by atoms with E-state index in [2.05, 4.69) is 57.9 Å². The van der Waals surface area contributed by atoms with E-state index in [0.717, 1.165) is 67.0 Å². The van der Waals surface area contributed by atoms with Crippen LogP contribution in [0.4, 0.5) is 4.79 Å². The van der Waals surface area contributed by atoms with E-state index in [1.165, 1.54) is 17.5 Å². The van der Waals surface area contributed by atoms with Gasteiger partial charge in [0, 0.05) is 34.4 Å². The Morgan fingerprint density at radius 2 is 1.98 bits per heavy atom. The van der Waals surface area contributed by atoms with Crippen molar-refractivity contribution in [2.24, 2.45) is 17.8 Å². The van der Waals surface area contributed by atoms with Crippen LogP contribution in [0.3, 0.4) is 0 Å². The van der Waals surface area contributed by atoms with Crippen molar-refractivity contribution in [2.75, 3.05) is 20.7 Å². The Hall–Kier alpha value is -3.19. The van der Waals surface area contributed by atoms with Crippen LogP contribution < -0.4 is 18.9 Å². The largest absolute Gasteiger partial charge is 0.514 e. The molecular formula is C37H45NO6. The van der Waals surface area contributed by atoms with Crippen LogP contribution in [0.5, 0.6) is 23.0 Å². The molecule has 3 aliphatic heterocycles. The lowest BCUT2D eigenvalue weighted by molar-refractivity contribution is -0.0567. The zero-order valence-electron chi connectivity index (χ0n) is 26.9. The molecule has 0 N–H and O–H groups in total. The molecule has 0 radical (unpaired) electrons. The van der Waals surface area contributed by atoms with Crippen LogP contribution in [0.15, 0.2) is 36.4 Å². The second kappa shape index (κ2) is 9.90. The highest BCUT2D eigenvalue weighted by Gasteiger charge is 2.65. The summed E-state index contributed by atoms with van der Waals surface area (Å²) in [4.78, 5) is 16.3. The SMILES string of the molecule is CCc1cc(OC(=O)O[C@H]2C=C[C@H]3[C@@H]4Cc5ccc(OC)c6c5[C@@]3(CCN4C)[C@H]2O6)c2c(c1)OC(C)(C)[C@H]1CCC(C)C[C@H]21. The molecule has 7 nitrogen and oxygen atoms in total. The van der Waals surface area contributed by atoms with Crippen LogP contribution in [0.1, 0.15) is 81.5 Å². The molecule has 2 bridgehead atoms. The minimum absolute atomic E-state index is 0.263. The lowest BCUT2D eigenvalue weighted by atomic mass is 9.53. The molecule has 234 valence electrons. The normalized spacial score (nSPS) is 35.4. The molecule has 1 saturated heterocycles. The van der Waals surface area contributed by atoms with Crippen molar-refractivity contribution in [3.05, 3.63) is 58.7 Å². The maximum Gasteiger partial charge on any atom is 0.514 e. The Kier molecular flexibility index (Phi) is 6.37. The summed E-state index contributed by atoms with van der Waals surface area (Å²) in [5, 5.41) is 0. The van der Waals surface area contributed by atoms with Crippen LogP contribution in [0.2, 0.25) is 0 Å². The molecular weight excluding hydrogens is 554 g/mol. The summed E-state index contributed by atoms with van der Waals surface area (Å²) in [7, 11) is 3.91.